The Labute approximate surface area is 119 Å². The second-order valence-electron chi connectivity index (χ2n) is 5.69. The zero-order valence-corrected chi connectivity index (χ0v) is 11.8. The predicted octanol–water partition coefficient (Wildman–Crippen LogP) is 2.94. The van der Waals surface area contributed by atoms with Gasteiger partial charge in [0.05, 0.1) is 11.1 Å². The summed E-state index contributed by atoms with van der Waals surface area (Å²) in [6.45, 7) is 2.90. The van der Waals surface area contributed by atoms with Crippen LogP contribution in [-0.2, 0) is 0 Å². The summed E-state index contributed by atoms with van der Waals surface area (Å²) in [5.41, 5.74) is 0.298. The lowest BCUT2D eigenvalue weighted by atomic mass is 9.83. The molecule has 0 aliphatic heterocycles. The molecule has 108 valence electrons. The topological polar surface area (TPSA) is 66.4 Å². The first-order valence-corrected chi connectivity index (χ1v) is 7.18. The van der Waals surface area contributed by atoms with Crippen LogP contribution in [-0.4, -0.2) is 23.5 Å². The molecule has 4 nitrogen and oxygen atoms in total. The Morgan fingerprint density at radius 3 is 2.35 bits per heavy atom. The first-order chi connectivity index (χ1) is 9.58. The van der Waals surface area contributed by atoms with E-state index in [1.165, 1.54) is 18.9 Å². The van der Waals surface area contributed by atoms with Gasteiger partial charge in [0.2, 0.25) is 0 Å². The van der Waals surface area contributed by atoms with Crippen LogP contribution in [0.5, 0.6) is 0 Å². The molecule has 1 amide bonds. The molecule has 2 N–H and O–H groups in total. The van der Waals surface area contributed by atoms with Gasteiger partial charge in [0, 0.05) is 6.54 Å². The minimum atomic E-state index is -1.07. The molecule has 1 aromatic rings. The van der Waals surface area contributed by atoms with E-state index in [4.69, 9.17) is 5.11 Å². The molecule has 0 spiro atoms. The van der Waals surface area contributed by atoms with Crippen LogP contribution < -0.4 is 5.32 Å². The van der Waals surface area contributed by atoms with Crippen LogP contribution in [0, 0.1) is 11.8 Å². The average molecular weight is 275 g/mol. The molecule has 1 aliphatic rings. The number of carbonyl (C=O) groups is 2. The maximum atomic E-state index is 12.1. The summed E-state index contributed by atoms with van der Waals surface area (Å²) in [4.78, 5) is 23.2. The summed E-state index contributed by atoms with van der Waals surface area (Å²) in [6, 6.07) is 6.33. The number of hydrogen-bond acceptors (Lipinski definition) is 2. The van der Waals surface area contributed by atoms with Gasteiger partial charge < -0.3 is 10.4 Å². The van der Waals surface area contributed by atoms with Gasteiger partial charge in [-0.1, -0.05) is 31.9 Å². The van der Waals surface area contributed by atoms with Crippen molar-refractivity contribution in [3.8, 4) is 0 Å². The number of carboxylic acid groups (broad SMARTS) is 1. The molecule has 1 fully saturated rings. The van der Waals surface area contributed by atoms with E-state index in [1.807, 2.05) is 0 Å². The number of nitrogens with one attached hydrogen (secondary N) is 1. The Kier molecular flexibility index (Phi) is 4.77. The first-order valence-electron chi connectivity index (χ1n) is 7.18. The Morgan fingerprint density at radius 2 is 1.75 bits per heavy atom. The maximum absolute atomic E-state index is 12.1. The van der Waals surface area contributed by atoms with E-state index in [0.29, 0.717) is 12.5 Å². The number of rotatable bonds is 4. The number of aromatic carboxylic acids is 1. The first kappa shape index (κ1) is 14.6. The van der Waals surface area contributed by atoms with Crippen molar-refractivity contribution in [3.63, 3.8) is 0 Å². The molecule has 1 aliphatic carbocycles. The van der Waals surface area contributed by atoms with Gasteiger partial charge in [-0.05, 0) is 36.8 Å². The van der Waals surface area contributed by atoms with Crippen LogP contribution in [0.4, 0.5) is 0 Å². The third kappa shape index (κ3) is 3.59. The van der Waals surface area contributed by atoms with Gasteiger partial charge in [-0.2, -0.15) is 0 Å². The van der Waals surface area contributed by atoms with E-state index in [0.717, 1.165) is 18.8 Å². The fourth-order valence-corrected chi connectivity index (χ4v) is 2.73. The van der Waals surface area contributed by atoms with Gasteiger partial charge in [-0.15, -0.1) is 0 Å². The van der Waals surface area contributed by atoms with Crippen molar-refractivity contribution >= 4 is 11.9 Å². The molecular weight excluding hydrogens is 254 g/mol. The highest BCUT2D eigenvalue weighted by atomic mass is 16.4. The van der Waals surface area contributed by atoms with Crippen LogP contribution in [0.1, 0.15) is 53.3 Å². The summed E-state index contributed by atoms with van der Waals surface area (Å²) in [6.07, 6.45) is 4.71. The summed E-state index contributed by atoms with van der Waals surface area (Å²) in [5, 5.41) is 12.0. The quantitative estimate of drug-likeness (QED) is 0.887. The lowest BCUT2D eigenvalue weighted by Gasteiger charge is -2.26. The monoisotopic (exact) mass is 275 g/mol. The van der Waals surface area contributed by atoms with E-state index in [2.05, 4.69) is 12.2 Å². The molecule has 0 heterocycles. The third-order valence-corrected chi connectivity index (χ3v) is 4.09. The lowest BCUT2D eigenvalue weighted by Crippen LogP contribution is -2.32. The van der Waals surface area contributed by atoms with Crippen molar-refractivity contribution < 1.29 is 14.7 Å². The Morgan fingerprint density at radius 1 is 1.15 bits per heavy atom. The van der Waals surface area contributed by atoms with Gasteiger partial charge in [-0.3, -0.25) is 4.79 Å². The summed E-state index contributed by atoms with van der Waals surface area (Å²) in [5.74, 6) is -0.0503. The molecule has 1 aromatic carbocycles. The molecule has 0 atom stereocenters. The second-order valence-corrected chi connectivity index (χ2v) is 5.69. The van der Waals surface area contributed by atoms with Gasteiger partial charge in [0.1, 0.15) is 0 Å². The van der Waals surface area contributed by atoms with Crippen molar-refractivity contribution in [2.24, 2.45) is 11.8 Å². The molecule has 20 heavy (non-hydrogen) atoms. The van der Waals surface area contributed by atoms with Gasteiger partial charge in [0.25, 0.3) is 5.91 Å². The van der Waals surface area contributed by atoms with Gasteiger partial charge in [0.15, 0.2) is 0 Å². The summed E-state index contributed by atoms with van der Waals surface area (Å²) in [7, 11) is 0. The highest BCUT2D eigenvalue weighted by Crippen LogP contribution is 2.27. The molecule has 0 unspecified atom stereocenters. The van der Waals surface area contributed by atoms with Crippen LogP contribution in [0.2, 0.25) is 0 Å². The maximum Gasteiger partial charge on any atom is 0.336 e. The van der Waals surface area contributed by atoms with Gasteiger partial charge >= 0.3 is 5.97 Å². The van der Waals surface area contributed by atoms with Crippen LogP contribution in [0.3, 0.4) is 0 Å². The fourth-order valence-electron chi connectivity index (χ4n) is 2.73. The highest BCUT2D eigenvalue weighted by Gasteiger charge is 2.20. The normalized spacial score (nSPS) is 22.2. The van der Waals surface area contributed by atoms with Crippen LogP contribution in [0.25, 0.3) is 0 Å². The largest absolute Gasteiger partial charge is 0.478 e. The van der Waals surface area contributed by atoms with Crippen molar-refractivity contribution in [2.45, 2.75) is 32.6 Å². The standard InChI is InChI=1S/C16H21NO3/c1-11-6-8-12(9-7-11)10-17-15(18)13-4-2-3-5-14(13)16(19)20/h2-5,11-12H,6-10H2,1H3,(H,17,18)(H,19,20). The molecule has 1 saturated carbocycles. The summed E-state index contributed by atoms with van der Waals surface area (Å²) < 4.78 is 0. The Bertz CT molecular complexity index is 490. The second kappa shape index (κ2) is 6.55. The van der Waals surface area contributed by atoms with Crippen LogP contribution >= 0.6 is 0 Å². The molecule has 0 radical (unpaired) electrons. The van der Waals surface area contributed by atoms with E-state index in [1.54, 1.807) is 18.2 Å². The molecule has 0 bridgehead atoms. The third-order valence-electron chi connectivity index (χ3n) is 4.09. The molecule has 4 heteroatoms. The summed E-state index contributed by atoms with van der Waals surface area (Å²) >= 11 is 0. The molecule has 2 rings (SSSR count). The number of hydrogen-bond donors (Lipinski definition) is 2. The Hall–Kier alpha value is -1.84. The number of carboxylic acids is 1. The number of carbonyl (C=O) groups excluding carboxylic acids is 1. The van der Waals surface area contributed by atoms with Gasteiger partial charge in [-0.25, -0.2) is 4.79 Å². The smallest absolute Gasteiger partial charge is 0.336 e. The number of amides is 1. The van der Waals surface area contributed by atoms with E-state index < -0.39 is 5.97 Å². The van der Waals surface area contributed by atoms with E-state index in [9.17, 15) is 9.59 Å². The predicted molar refractivity (Wildman–Crippen MR) is 76.9 cm³/mol. The Balaban J connectivity index is 1.94. The zero-order chi connectivity index (χ0) is 14.5. The lowest BCUT2D eigenvalue weighted by molar-refractivity contribution is 0.0690. The minimum Gasteiger partial charge on any atom is -0.478 e. The molecule has 0 aromatic heterocycles. The number of benzene rings is 1. The fraction of sp³-hybridized carbons (Fsp3) is 0.500. The van der Waals surface area contributed by atoms with Crippen molar-refractivity contribution in [1.29, 1.82) is 0 Å². The molecule has 0 saturated heterocycles. The van der Waals surface area contributed by atoms with Crippen molar-refractivity contribution in [2.75, 3.05) is 6.54 Å². The zero-order valence-electron chi connectivity index (χ0n) is 11.8. The SMILES string of the molecule is CC1CCC(CNC(=O)c2ccccc2C(=O)O)CC1. The average Bonchev–Trinajstić information content (AvgIpc) is 2.46. The van der Waals surface area contributed by atoms with E-state index in [-0.39, 0.29) is 17.0 Å². The van der Waals surface area contributed by atoms with Crippen molar-refractivity contribution in [1.82, 2.24) is 5.32 Å². The van der Waals surface area contributed by atoms with Crippen molar-refractivity contribution in [3.05, 3.63) is 35.4 Å². The van der Waals surface area contributed by atoms with E-state index >= 15 is 0 Å². The minimum absolute atomic E-state index is 0.0577. The molecular formula is C16H21NO3. The van der Waals surface area contributed by atoms with Crippen LogP contribution in [0.15, 0.2) is 24.3 Å². The highest BCUT2D eigenvalue weighted by molar-refractivity contribution is 6.04.